The van der Waals surface area contributed by atoms with Crippen LogP contribution in [0, 0.1) is 12.1 Å². The van der Waals surface area contributed by atoms with E-state index >= 15 is 0 Å². The molecule has 4 aromatic rings. The fourth-order valence-corrected chi connectivity index (χ4v) is 5.90. The van der Waals surface area contributed by atoms with Crippen molar-refractivity contribution in [2.24, 2.45) is 0 Å². The smallest absolute Gasteiger partial charge is 0.220 e. The van der Waals surface area contributed by atoms with Gasteiger partial charge in [-0.2, -0.15) is 0 Å². The van der Waals surface area contributed by atoms with E-state index in [0.29, 0.717) is 10.5 Å². The molecule has 1 aliphatic carbocycles. The lowest BCUT2D eigenvalue weighted by molar-refractivity contribution is -0.748. The van der Waals surface area contributed by atoms with Crippen molar-refractivity contribution in [2.75, 3.05) is 19.6 Å². The molecule has 0 atom stereocenters. The van der Waals surface area contributed by atoms with Crippen molar-refractivity contribution in [1.82, 2.24) is 14.7 Å². The van der Waals surface area contributed by atoms with Gasteiger partial charge in [-0.05, 0) is 80.1 Å². The van der Waals surface area contributed by atoms with Crippen LogP contribution >= 0.6 is 0 Å². The number of nitrogens with zero attached hydrogens (tertiary/aromatic N) is 4. The zero-order valence-corrected chi connectivity index (χ0v) is 22.2. The van der Waals surface area contributed by atoms with Crippen LogP contribution in [0.15, 0.2) is 66.7 Å². The monoisotopic (exact) mass is 520 g/mol. The number of ketones is 2. The highest BCUT2D eigenvalue weighted by Gasteiger charge is 2.39. The standard InChI is InChI=1S/C32H32N4O3/c1-22-20-23(8-7-19-34-17-5-2-6-18-34)13-16-26(22)25-14-11-24(12-15-25)21-35-30-29(33-36(35)39)31(37)27-9-3-4-10-28(27)32(30)38/h3-4,9-16,20H,2,5-8,17-19,21H2,1H3. The van der Waals surface area contributed by atoms with Crippen molar-refractivity contribution in [3.05, 3.63) is 111 Å². The number of hydrogen-bond acceptors (Lipinski definition) is 5. The van der Waals surface area contributed by atoms with Gasteiger partial charge >= 0.3 is 0 Å². The maximum atomic E-state index is 13.2. The lowest BCUT2D eigenvalue weighted by Gasteiger charge is -2.26. The summed E-state index contributed by atoms with van der Waals surface area (Å²) in [5.74, 6) is -0.755. The predicted octanol–water partition coefficient (Wildman–Crippen LogP) is 4.73. The maximum Gasteiger partial charge on any atom is 0.220 e. The molecule has 1 fully saturated rings. The maximum absolute atomic E-state index is 13.2. The molecular formula is C32H32N4O3. The molecule has 7 heteroatoms. The number of likely N-dealkylation sites (tertiary alicyclic amines) is 1. The molecule has 198 valence electrons. The quantitative estimate of drug-likeness (QED) is 0.229. The van der Waals surface area contributed by atoms with Crippen LogP contribution in [0.5, 0.6) is 0 Å². The van der Waals surface area contributed by atoms with Gasteiger partial charge in [-0.3, -0.25) is 9.59 Å². The fraction of sp³-hybridized carbons (Fsp3) is 0.312. The summed E-state index contributed by atoms with van der Waals surface area (Å²) in [6, 6.07) is 21.3. The van der Waals surface area contributed by atoms with Crippen LogP contribution in [-0.4, -0.2) is 45.9 Å². The van der Waals surface area contributed by atoms with Crippen LogP contribution < -0.4 is 4.96 Å². The average Bonchev–Trinajstić information content (AvgIpc) is 3.29. The molecule has 2 aliphatic rings. The van der Waals surface area contributed by atoms with E-state index in [-0.39, 0.29) is 29.3 Å². The zero-order valence-electron chi connectivity index (χ0n) is 22.2. The van der Waals surface area contributed by atoms with Gasteiger partial charge in [-0.15, -0.1) is 4.68 Å². The lowest BCUT2D eigenvalue weighted by atomic mass is 9.90. The van der Waals surface area contributed by atoms with E-state index in [1.807, 2.05) is 24.3 Å². The highest BCUT2D eigenvalue weighted by Crippen LogP contribution is 2.28. The first-order chi connectivity index (χ1) is 19.0. The third-order valence-electron chi connectivity index (χ3n) is 8.00. The van der Waals surface area contributed by atoms with Gasteiger partial charge < -0.3 is 10.1 Å². The number of hydrogen-bond donors (Lipinski definition) is 0. The summed E-state index contributed by atoms with van der Waals surface area (Å²) in [6.07, 6.45) is 6.32. The van der Waals surface area contributed by atoms with E-state index < -0.39 is 5.78 Å². The minimum atomic E-state index is -0.399. The van der Waals surface area contributed by atoms with E-state index in [1.165, 1.54) is 66.7 Å². The van der Waals surface area contributed by atoms with Crippen LogP contribution in [0.2, 0.25) is 0 Å². The van der Waals surface area contributed by atoms with Crippen LogP contribution in [0.4, 0.5) is 0 Å². The normalized spacial score (nSPS) is 15.3. The highest BCUT2D eigenvalue weighted by molar-refractivity contribution is 6.26. The molecule has 0 spiro atoms. The Morgan fingerprint density at radius 3 is 2.26 bits per heavy atom. The second kappa shape index (κ2) is 10.6. The van der Waals surface area contributed by atoms with Crippen molar-refractivity contribution in [1.29, 1.82) is 0 Å². The number of rotatable bonds is 7. The van der Waals surface area contributed by atoms with Crippen LogP contribution in [0.1, 0.15) is 74.5 Å². The minimum absolute atomic E-state index is 0.0458. The minimum Gasteiger partial charge on any atom is -0.571 e. The van der Waals surface area contributed by atoms with Crippen molar-refractivity contribution >= 4 is 11.6 Å². The molecule has 39 heavy (non-hydrogen) atoms. The molecule has 0 unspecified atom stereocenters. The molecule has 1 aromatic heterocycles. The van der Waals surface area contributed by atoms with Gasteiger partial charge in [-0.25, -0.2) is 0 Å². The van der Waals surface area contributed by atoms with Crippen molar-refractivity contribution in [3.8, 4) is 11.1 Å². The Bertz CT molecular complexity index is 1550. The molecule has 2 heterocycles. The zero-order chi connectivity index (χ0) is 26.9. The van der Waals surface area contributed by atoms with Gasteiger partial charge in [0.2, 0.25) is 17.3 Å². The van der Waals surface area contributed by atoms with E-state index in [2.05, 4.69) is 35.1 Å². The molecule has 0 radical (unpaired) electrons. The van der Waals surface area contributed by atoms with Gasteiger partial charge in [0.05, 0.1) is 0 Å². The highest BCUT2D eigenvalue weighted by atomic mass is 16.5. The van der Waals surface area contributed by atoms with Gasteiger partial charge in [0.15, 0.2) is 5.69 Å². The van der Waals surface area contributed by atoms with Crippen LogP contribution in [0.25, 0.3) is 11.1 Å². The fourth-order valence-electron chi connectivity index (χ4n) is 5.90. The Morgan fingerprint density at radius 2 is 1.54 bits per heavy atom. The summed E-state index contributed by atoms with van der Waals surface area (Å²) in [6.45, 7) is 5.96. The van der Waals surface area contributed by atoms with Gasteiger partial charge in [0, 0.05) is 21.2 Å². The molecule has 3 aromatic carbocycles. The Labute approximate surface area is 228 Å². The molecule has 6 rings (SSSR count). The lowest BCUT2D eigenvalue weighted by Crippen LogP contribution is -2.41. The van der Waals surface area contributed by atoms with E-state index in [1.54, 1.807) is 24.3 Å². The number of benzene rings is 3. The molecule has 1 saturated heterocycles. The van der Waals surface area contributed by atoms with Crippen LogP contribution in [0.3, 0.4) is 0 Å². The second-order valence-electron chi connectivity index (χ2n) is 10.7. The number of carbonyl (C=O) groups excluding carboxylic acids is 2. The molecule has 0 amide bonds. The average molecular weight is 521 g/mol. The van der Waals surface area contributed by atoms with E-state index in [9.17, 15) is 14.8 Å². The van der Waals surface area contributed by atoms with E-state index in [4.69, 9.17) is 0 Å². The summed E-state index contributed by atoms with van der Waals surface area (Å²) >= 11 is 0. The molecule has 0 saturated carbocycles. The molecule has 0 bridgehead atoms. The number of aromatic nitrogens is 3. The third kappa shape index (κ3) is 4.90. The van der Waals surface area contributed by atoms with Gasteiger partial charge in [-0.1, -0.05) is 73.2 Å². The first-order valence-corrected chi connectivity index (χ1v) is 13.8. The molecular weight excluding hydrogens is 488 g/mol. The third-order valence-corrected chi connectivity index (χ3v) is 8.00. The second-order valence-corrected chi connectivity index (χ2v) is 10.7. The summed E-state index contributed by atoms with van der Waals surface area (Å²) < 4.78 is 1.24. The Morgan fingerprint density at radius 1 is 0.846 bits per heavy atom. The van der Waals surface area contributed by atoms with Gasteiger partial charge in [0.1, 0.15) is 6.54 Å². The number of aryl methyl sites for hydroxylation is 2. The van der Waals surface area contributed by atoms with Crippen molar-refractivity contribution in [2.45, 2.75) is 45.6 Å². The molecule has 7 nitrogen and oxygen atoms in total. The summed E-state index contributed by atoms with van der Waals surface area (Å²) in [7, 11) is 0. The summed E-state index contributed by atoms with van der Waals surface area (Å²) in [4.78, 5) is 29.0. The number of fused-ring (bicyclic) bond motifs is 2. The summed E-state index contributed by atoms with van der Waals surface area (Å²) in [5.41, 5.74) is 6.27. The largest absolute Gasteiger partial charge is 0.571 e. The molecule has 1 aliphatic heterocycles. The topological polar surface area (TPSA) is 82.1 Å². The Balaban J connectivity index is 1.16. The molecule has 0 N–H and O–H groups in total. The first kappa shape index (κ1) is 25.2. The number of piperidine rings is 1. The van der Waals surface area contributed by atoms with Gasteiger partial charge in [0.25, 0.3) is 0 Å². The van der Waals surface area contributed by atoms with E-state index in [0.717, 1.165) is 17.5 Å². The number of carbonyl (C=O) groups is 2. The Hall–Kier alpha value is -4.10. The summed E-state index contributed by atoms with van der Waals surface area (Å²) in [5, 5.41) is 16.5. The Kier molecular flexibility index (Phi) is 6.83. The SMILES string of the molecule is Cc1cc(CCCN2CCCCC2)ccc1-c1ccc(Cn2c3c(n[n+]2[O-])C(=O)c2ccccc2C3=O)cc1. The van der Waals surface area contributed by atoms with Crippen molar-refractivity contribution < 1.29 is 14.5 Å². The van der Waals surface area contributed by atoms with Crippen molar-refractivity contribution in [3.63, 3.8) is 0 Å². The first-order valence-electron chi connectivity index (χ1n) is 13.8. The van der Waals surface area contributed by atoms with Crippen LogP contribution in [-0.2, 0) is 13.0 Å². The predicted molar refractivity (Wildman–Crippen MR) is 149 cm³/mol.